The third kappa shape index (κ3) is 3.49. The van der Waals surface area contributed by atoms with Crippen LogP contribution < -0.4 is 0 Å². The van der Waals surface area contributed by atoms with Crippen molar-refractivity contribution in [3.63, 3.8) is 0 Å². The highest BCUT2D eigenvalue weighted by Gasteiger charge is 2.28. The highest BCUT2D eigenvalue weighted by Crippen LogP contribution is 2.27. The molecule has 0 N–H and O–H groups in total. The van der Waals surface area contributed by atoms with E-state index in [9.17, 15) is 10.1 Å². The van der Waals surface area contributed by atoms with Crippen molar-refractivity contribution in [1.82, 2.24) is 20.0 Å². The number of hydrogen-bond acceptors (Lipinski definition) is 6. The van der Waals surface area contributed by atoms with Crippen LogP contribution >= 0.6 is 0 Å². The van der Waals surface area contributed by atoms with Crippen LogP contribution in [0.25, 0.3) is 11.3 Å². The Hall–Kier alpha value is -3.53. The number of pyridine rings is 1. The summed E-state index contributed by atoms with van der Waals surface area (Å²) in [6, 6.07) is 12.9. The van der Waals surface area contributed by atoms with Gasteiger partial charge >= 0.3 is 0 Å². The maximum Gasteiger partial charge on any atom is 0.253 e. The molecule has 0 unspecified atom stereocenters. The number of benzene rings is 1. The first-order valence-corrected chi connectivity index (χ1v) is 9.20. The Morgan fingerprint density at radius 3 is 2.82 bits per heavy atom. The maximum absolute atomic E-state index is 12.9. The molecule has 7 heteroatoms. The van der Waals surface area contributed by atoms with Crippen LogP contribution in [-0.2, 0) is 0 Å². The van der Waals surface area contributed by atoms with Crippen LogP contribution in [0.5, 0.6) is 0 Å². The minimum atomic E-state index is -0.0157. The number of likely N-dealkylation sites (tertiary alicyclic amines) is 1. The number of hydrogen-bond donors (Lipinski definition) is 0. The number of nitriles is 1. The van der Waals surface area contributed by atoms with Gasteiger partial charge in [-0.3, -0.25) is 9.78 Å². The first-order valence-electron chi connectivity index (χ1n) is 9.20. The minimum Gasteiger partial charge on any atom is -0.340 e. The second-order valence-electron chi connectivity index (χ2n) is 6.85. The molecule has 4 rings (SSSR count). The maximum atomic E-state index is 12.9. The molecule has 28 heavy (non-hydrogen) atoms. The summed E-state index contributed by atoms with van der Waals surface area (Å²) in [5.74, 6) is 1.30. The molecule has 0 saturated carbocycles. The van der Waals surface area contributed by atoms with Crippen LogP contribution in [0.2, 0.25) is 0 Å². The van der Waals surface area contributed by atoms with Crippen molar-refractivity contribution in [2.45, 2.75) is 25.7 Å². The molecule has 0 aliphatic carbocycles. The largest absolute Gasteiger partial charge is 0.340 e. The van der Waals surface area contributed by atoms with E-state index in [0.717, 1.165) is 18.4 Å². The molecular formula is C21H19N5O2. The lowest BCUT2D eigenvalue weighted by atomic mass is 9.96. The Labute approximate surface area is 162 Å². The molecule has 1 amide bonds. The zero-order chi connectivity index (χ0) is 19.5. The van der Waals surface area contributed by atoms with Crippen molar-refractivity contribution in [3.8, 4) is 17.3 Å². The molecule has 3 aromatic rings. The molecule has 1 saturated heterocycles. The molecule has 3 heterocycles. The van der Waals surface area contributed by atoms with Gasteiger partial charge in [0.2, 0.25) is 5.89 Å². The molecule has 140 valence electrons. The topological polar surface area (TPSA) is 95.9 Å². The lowest BCUT2D eigenvalue weighted by Crippen LogP contribution is -2.39. The molecule has 1 aromatic carbocycles. The summed E-state index contributed by atoms with van der Waals surface area (Å²) in [5, 5.41) is 13.3. The van der Waals surface area contributed by atoms with E-state index >= 15 is 0 Å². The van der Waals surface area contributed by atoms with E-state index in [0.29, 0.717) is 41.6 Å². The summed E-state index contributed by atoms with van der Waals surface area (Å²) in [5.41, 5.74) is 2.56. The molecule has 0 bridgehead atoms. The lowest BCUT2D eigenvalue weighted by Gasteiger charge is -2.31. The van der Waals surface area contributed by atoms with Gasteiger partial charge in [-0.2, -0.15) is 10.2 Å². The second kappa shape index (κ2) is 7.61. The van der Waals surface area contributed by atoms with Gasteiger partial charge in [0.25, 0.3) is 5.91 Å². The number of rotatable bonds is 3. The van der Waals surface area contributed by atoms with Crippen LogP contribution in [0.3, 0.4) is 0 Å². The van der Waals surface area contributed by atoms with Gasteiger partial charge in [0.05, 0.1) is 11.3 Å². The van der Waals surface area contributed by atoms with Gasteiger partial charge < -0.3 is 9.42 Å². The van der Waals surface area contributed by atoms with E-state index in [1.807, 2.05) is 17.0 Å². The summed E-state index contributed by atoms with van der Waals surface area (Å²) in [4.78, 5) is 23.4. The first kappa shape index (κ1) is 17.9. The second-order valence-corrected chi connectivity index (χ2v) is 6.85. The van der Waals surface area contributed by atoms with E-state index in [1.54, 1.807) is 37.4 Å². The van der Waals surface area contributed by atoms with Gasteiger partial charge in [-0.1, -0.05) is 17.3 Å². The van der Waals surface area contributed by atoms with E-state index in [2.05, 4.69) is 21.2 Å². The van der Waals surface area contributed by atoms with Crippen molar-refractivity contribution in [1.29, 1.82) is 5.26 Å². The van der Waals surface area contributed by atoms with Crippen LogP contribution in [-0.4, -0.2) is 39.0 Å². The van der Waals surface area contributed by atoms with E-state index in [1.165, 1.54) is 0 Å². The Balaban J connectivity index is 1.51. The summed E-state index contributed by atoms with van der Waals surface area (Å²) in [6.07, 6.45) is 3.50. The smallest absolute Gasteiger partial charge is 0.253 e. The van der Waals surface area contributed by atoms with Gasteiger partial charge in [0.1, 0.15) is 6.07 Å². The number of carbonyl (C=O) groups is 1. The summed E-state index contributed by atoms with van der Waals surface area (Å²) >= 11 is 0. The third-order valence-electron chi connectivity index (χ3n) is 4.95. The zero-order valence-electron chi connectivity index (χ0n) is 15.5. The fraction of sp³-hybridized carbons (Fsp3) is 0.286. The molecule has 7 nitrogen and oxygen atoms in total. The fourth-order valence-electron chi connectivity index (χ4n) is 3.53. The predicted octanol–water partition coefficient (Wildman–Crippen LogP) is 3.33. The number of amides is 1. The van der Waals surface area contributed by atoms with Crippen molar-refractivity contribution in [2.75, 3.05) is 13.1 Å². The Bertz CT molecular complexity index is 1040. The zero-order valence-corrected chi connectivity index (χ0v) is 15.5. The van der Waals surface area contributed by atoms with Crippen molar-refractivity contribution < 1.29 is 9.32 Å². The van der Waals surface area contributed by atoms with Crippen LogP contribution in [0.4, 0.5) is 0 Å². The van der Waals surface area contributed by atoms with Crippen LogP contribution in [0.1, 0.15) is 46.4 Å². The standard InChI is InChI=1S/C21H19N5O2/c1-14-24-20(25-28-14)18-5-3-11-26(13-18)21(27)16-8-6-15(7-9-16)19-17(12-22)4-2-10-23-19/h2,4,6-10,18H,3,5,11,13H2,1H3/t18-/m1/s1. The van der Waals surface area contributed by atoms with Gasteiger partial charge in [0.15, 0.2) is 5.82 Å². The average Bonchev–Trinajstić information content (AvgIpc) is 3.20. The number of aromatic nitrogens is 3. The number of piperidine rings is 1. The highest BCUT2D eigenvalue weighted by atomic mass is 16.5. The van der Waals surface area contributed by atoms with Crippen molar-refractivity contribution >= 4 is 5.91 Å². The van der Waals surface area contributed by atoms with Gasteiger partial charge in [-0.25, -0.2) is 0 Å². The summed E-state index contributed by atoms with van der Waals surface area (Å²) < 4.78 is 5.08. The molecule has 0 radical (unpaired) electrons. The van der Waals surface area contributed by atoms with E-state index in [4.69, 9.17) is 4.52 Å². The van der Waals surface area contributed by atoms with E-state index < -0.39 is 0 Å². The van der Waals surface area contributed by atoms with E-state index in [-0.39, 0.29) is 11.8 Å². The number of aryl methyl sites for hydroxylation is 1. The van der Waals surface area contributed by atoms with Crippen LogP contribution in [0, 0.1) is 18.3 Å². The first-order chi connectivity index (χ1) is 13.7. The summed E-state index contributed by atoms with van der Waals surface area (Å²) in [7, 11) is 0. The average molecular weight is 373 g/mol. The number of carbonyl (C=O) groups excluding carboxylic acids is 1. The molecule has 0 spiro atoms. The van der Waals surface area contributed by atoms with Gasteiger partial charge in [-0.15, -0.1) is 0 Å². The lowest BCUT2D eigenvalue weighted by molar-refractivity contribution is 0.0703. The molecule has 1 aliphatic heterocycles. The minimum absolute atomic E-state index is 0.0157. The molecule has 1 atom stereocenters. The Morgan fingerprint density at radius 1 is 1.29 bits per heavy atom. The monoisotopic (exact) mass is 373 g/mol. The summed E-state index contributed by atoms with van der Waals surface area (Å²) in [6.45, 7) is 3.06. The third-order valence-corrected chi connectivity index (χ3v) is 4.95. The predicted molar refractivity (Wildman–Crippen MR) is 101 cm³/mol. The molecule has 1 aliphatic rings. The normalized spacial score (nSPS) is 16.6. The molecule has 1 fully saturated rings. The molecular weight excluding hydrogens is 354 g/mol. The van der Waals surface area contributed by atoms with Gasteiger partial charge in [-0.05, 0) is 37.1 Å². The van der Waals surface area contributed by atoms with Gasteiger partial charge in [0, 0.05) is 43.3 Å². The van der Waals surface area contributed by atoms with Crippen molar-refractivity contribution in [2.24, 2.45) is 0 Å². The molecule has 2 aromatic heterocycles. The van der Waals surface area contributed by atoms with Crippen molar-refractivity contribution in [3.05, 3.63) is 65.4 Å². The SMILES string of the molecule is Cc1nc([C@@H]2CCCN(C(=O)c3ccc(-c4ncccc4C#N)cc3)C2)no1. The Kier molecular flexibility index (Phi) is 4.85. The fourth-order valence-corrected chi connectivity index (χ4v) is 3.53. The Morgan fingerprint density at radius 2 is 2.11 bits per heavy atom. The van der Waals surface area contributed by atoms with Crippen LogP contribution in [0.15, 0.2) is 47.1 Å². The number of nitrogens with zero attached hydrogens (tertiary/aromatic N) is 5. The quantitative estimate of drug-likeness (QED) is 0.699. The highest BCUT2D eigenvalue weighted by molar-refractivity contribution is 5.94.